The average Bonchev–Trinajstić information content (AvgIpc) is 2.78. The lowest BCUT2D eigenvalue weighted by molar-refractivity contribution is 0.490. The molecule has 0 radical (unpaired) electrons. The number of hydrogen-bond acceptors (Lipinski definition) is 2. The van der Waals surface area contributed by atoms with Crippen molar-refractivity contribution >= 4 is 0 Å². The Labute approximate surface area is 96.1 Å². The first-order valence-corrected chi connectivity index (χ1v) is 5.66. The molecule has 0 aliphatic heterocycles. The molecule has 2 N–H and O–H groups in total. The number of rotatable bonds is 3. The Hall–Kier alpha value is -1.54. The average molecular weight is 215 g/mol. The minimum atomic E-state index is -0.0532. The fourth-order valence-corrected chi connectivity index (χ4v) is 1.81. The molecule has 1 aromatic heterocycles. The summed E-state index contributed by atoms with van der Waals surface area (Å²) in [5.41, 5.74) is 8.24. The summed E-state index contributed by atoms with van der Waals surface area (Å²) in [4.78, 5) is 0. The summed E-state index contributed by atoms with van der Waals surface area (Å²) in [5, 5.41) is 0. The van der Waals surface area contributed by atoms with Gasteiger partial charge in [0, 0.05) is 5.56 Å². The van der Waals surface area contributed by atoms with Gasteiger partial charge in [-0.05, 0) is 31.0 Å². The van der Waals surface area contributed by atoms with E-state index in [0.29, 0.717) is 0 Å². The van der Waals surface area contributed by atoms with Crippen LogP contribution in [0.2, 0.25) is 0 Å². The van der Waals surface area contributed by atoms with E-state index in [2.05, 4.69) is 25.1 Å². The van der Waals surface area contributed by atoms with E-state index in [4.69, 9.17) is 10.2 Å². The van der Waals surface area contributed by atoms with E-state index < -0.39 is 0 Å². The van der Waals surface area contributed by atoms with Gasteiger partial charge < -0.3 is 10.2 Å². The lowest BCUT2D eigenvalue weighted by Crippen LogP contribution is -2.02. The van der Waals surface area contributed by atoms with E-state index in [9.17, 15) is 0 Å². The third-order valence-corrected chi connectivity index (χ3v) is 2.74. The van der Waals surface area contributed by atoms with Crippen LogP contribution in [0.15, 0.2) is 40.8 Å². The fraction of sp³-hybridized carbons (Fsp3) is 0.286. The van der Waals surface area contributed by atoms with Gasteiger partial charge in [-0.2, -0.15) is 0 Å². The number of benzene rings is 1. The van der Waals surface area contributed by atoms with Gasteiger partial charge in [-0.25, -0.2) is 0 Å². The van der Waals surface area contributed by atoms with Crippen LogP contribution in [0.1, 0.15) is 31.2 Å². The van der Waals surface area contributed by atoms with Gasteiger partial charge in [-0.15, -0.1) is 0 Å². The summed E-state index contributed by atoms with van der Waals surface area (Å²) < 4.78 is 5.75. The second kappa shape index (κ2) is 4.54. The Morgan fingerprint density at radius 1 is 1.19 bits per heavy atom. The predicted molar refractivity (Wildman–Crippen MR) is 66.1 cm³/mol. The van der Waals surface area contributed by atoms with E-state index in [1.54, 1.807) is 0 Å². The quantitative estimate of drug-likeness (QED) is 0.850. The maximum atomic E-state index is 5.78. The van der Waals surface area contributed by atoms with Crippen molar-refractivity contribution in [2.75, 3.05) is 0 Å². The van der Waals surface area contributed by atoms with Crippen LogP contribution in [0.25, 0.3) is 11.3 Å². The zero-order chi connectivity index (χ0) is 11.5. The molecule has 0 amide bonds. The Bertz CT molecular complexity index is 471. The zero-order valence-electron chi connectivity index (χ0n) is 9.73. The Morgan fingerprint density at radius 2 is 1.94 bits per heavy atom. The largest absolute Gasteiger partial charge is 0.459 e. The van der Waals surface area contributed by atoms with E-state index in [1.165, 1.54) is 5.56 Å². The standard InChI is InChI=1S/C14H17NO/c1-3-11-6-4-5-7-12(11)14-9-8-13(16-14)10(2)15/h4-10H,3,15H2,1-2H3. The summed E-state index contributed by atoms with van der Waals surface area (Å²) in [7, 11) is 0. The summed E-state index contributed by atoms with van der Waals surface area (Å²) in [6.07, 6.45) is 1.00. The molecule has 0 bridgehead atoms. The number of nitrogens with two attached hydrogens (primary N) is 1. The van der Waals surface area contributed by atoms with Gasteiger partial charge in [0.1, 0.15) is 11.5 Å². The molecule has 0 aliphatic rings. The second-order valence-corrected chi connectivity index (χ2v) is 4.00. The molecule has 1 atom stereocenters. The van der Waals surface area contributed by atoms with Crippen molar-refractivity contribution in [1.29, 1.82) is 0 Å². The van der Waals surface area contributed by atoms with Crippen molar-refractivity contribution in [3.05, 3.63) is 47.7 Å². The van der Waals surface area contributed by atoms with Gasteiger partial charge in [0.15, 0.2) is 0 Å². The van der Waals surface area contributed by atoms with Crippen molar-refractivity contribution in [2.45, 2.75) is 26.3 Å². The van der Waals surface area contributed by atoms with Crippen LogP contribution < -0.4 is 5.73 Å². The van der Waals surface area contributed by atoms with Gasteiger partial charge in [0.05, 0.1) is 6.04 Å². The van der Waals surface area contributed by atoms with Crippen LogP contribution in [-0.2, 0) is 6.42 Å². The van der Waals surface area contributed by atoms with Gasteiger partial charge >= 0.3 is 0 Å². The van der Waals surface area contributed by atoms with Gasteiger partial charge in [-0.3, -0.25) is 0 Å². The van der Waals surface area contributed by atoms with Crippen LogP contribution in [0.5, 0.6) is 0 Å². The topological polar surface area (TPSA) is 39.2 Å². The third kappa shape index (κ3) is 2.02. The fourth-order valence-electron chi connectivity index (χ4n) is 1.81. The second-order valence-electron chi connectivity index (χ2n) is 4.00. The molecule has 0 spiro atoms. The van der Waals surface area contributed by atoms with E-state index in [1.807, 2.05) is 25.1 Å². The van der Waals surface area contributed by atoms with E-state index in [-0.39, 0.29) is 6.04 Å². The summed E-state index contributed by atoms with van der Waals surface area (Å²) in [6.45, 7) is 4.07. The highest BCUT2D eigenvalue weighted by Crippen LogP contribution is 2.27. The van der Waals surface area contributed by atoms with E-state index >= 15 is 0 Å². The molecule has 84 valence electrons. The number of furan rings is 1. The van der Waals surface area contributed by atoms with Crippen LogP contribution in [0.4, 0.5) is 0 Å². The Morgan fingerprint density at radius 3 is 2.56 bits per heavy atom. The smallest absolute Gasteiger partial charge is 0.134 e. The van der Waals surface area contributed by atoms with Crippen LogP contribution >= 0.6 is 0 Å². The van der Waals surface area contributed by atoms with Crippen molar-refractivity contribution in [3.63, 3.8) is 0 Å². The molecule has 0 fully saturated rings. The van der Waals surface area contributed by atoms with Crippen molar-refractivity contribution < 1.29 is 4.42 Å². The SMILES string of the molecule is CCc1ccccc1-c1ccc(C(C)N)o1. The normalized spacial score (nSPS) is 12.7. The zero-order valence-corrected chi connectivity index (χ0v) is 9.73. The highest BCUT2D eigenvalue weighted by molar-refractivity contribution is 5.62. The molecular weight excluding hydrogens is 198 g/mol. The first-order chi connectivity index (χ1) is 7.72. The highest BCUT2D eigenvalue weighted by atomic mass is 16.3. The molecule has 0 saturated carbocycles. The lowest BCUT2D eigenvalue weighted by atomic mass is 10.0. The molecule has 2 rings (SSSR count). The maximum absolute atomic E-state index is 5.78. The van der Waals surface area contributed by atoms with Crippen molar-refractivity contribution in [1.82, 2.24) is 0 Å². The molecule has 1 unspecified atom stereocenters. The number of aryl methyl sites for hydroxylation is 1. The molecule has 0 aliphatic carbocycles. The Kier molecular flexibility index (Phi) is 3.11. The summed E-state index contributed by atoms with van der Waals surface area (Å²) in [6, 6.07) is 12.2. The molecule has 2 aromatic rings. The van der Waals surface area contributed by atoms with Crippen LogP contribution in [-0.4, -0.2) is 0 Å². The predicted octanol–water partition coefficient (Wildman–Crippen LogP) is 3.53. The monoisotopic (exact) mass is 215 g/mol. The molecule has 2 heteroatoms. The highest BCUT2D eigenvalue weighted by Gasteiger charge is 2.09. The van der Waals surface area contributed by atoms with E-state index in [0.717, 1.165) is 23.5 Å². The molecule has 1 heterocycles. The minimum Gasteiger partial charge on any atom is -0.459 e. The first-order valence-electron chi connectivity index (χ1n) is 5.66. The molecule has 1 aromatic carbocycles. The van der Waals surface area contributed by atoms with Crippen molar-refractivity contribution in [3.8, 4) is 11.3 Å². The summed E-state index contributed by atoms with van der Waals surface area (Å²) in [5.74, 6) is 1.74. The van der Waals surface area contributed by atoms with Gasteiger partial charge in [0.25, 0.3) is 0 Å². The first kappa shape index (κ1) is 11.0. The maximum Gasteiger partial charge on any atom is 0.134 e. The van der Waals surface area contributed by atoms with Crippen LogP contribution in [0.3, 0.4) is 0 Å². The molecule has 0 saturated heterocycles. The van der Waals surface area contributed by atoms with Gasteiger partial charge in [0.2, 0.25) is 0 Å². The lowest BCUT2D eigenvalue weighted by Gasteiger charge is -2.05. The minimum absolute atomic E-state index is 0.0532. The van der Waals surface area contributed by atoms with Crippen LogP contribution in [0, 0.1) is 0 Å². The third-order valence-electron chi connectivity index (χ3n) is 2.74. The molecular formula is C14H17NO. The number of hydrogen-bond donors (Lipinski definition) is 1. The summed E-state index contributed by atoms with van der Waals surface area (Å²) >= 11 is 0. The molecule has 2 nitrogen and oxygen atoms in total. The van der Waals surface area contributed by atoms with Gasteiger partial charge in [-0.1, -0.05) is 31.2 Å². The Balaban J connectivity index is 2.42. The molecule has 16 heavy (non-hydrogen) atoms. The van der Waals surface area contributed by atoms with Crippen molar-refractivity contribution in [2.24, 2.45) is 5.73 Å².